The lowest BCUT2D eigenvalue weighted by molar-refractivity contribution is -0.116. The molecule has 22 heavy (non-hydrogen) atoms. The van der Waals surface area contributed by atoms with Gasteiger partial charge < -0.3 is 14.7 Å². The molecule has 0 saturated heterocycles. The Morgan fingerprint density at radius 2 is 2.05 bits per heavy atom. The molecule has 0 aliphatic carbocycles. The predicted octanol–water partition coefficient (Wildman–Crippen LogP) is 2.08. The van der Waals surface area contributed by atoms with Crippen LogP contribution in [0, 0.1) is 5.82 Å². The zero-order valence-electron chi connectivity index (χ0n) is 11.7. The van der Waals surface area contributed by atoms with Gasteiger partial charge in [0.1, 0.15) is 18.6 Å². The summed E-state index contributed by atoms with van der Waals surface area (Å²) in [6.45, 7) is 3.56. The van der Waals surface area contributed by atoms with Crippen molar-refractivity contribution in [3.8, 4) is 0 Å². The van der Waals surface area contributed by atoms with Crippen LogP contribution in [0.2, 0.25) is 0 Å². The van der Waals surface area contributed by atoms with Gasteiger partial charge in [0.05, 0.1) is 0 Å². The first kappa shape index (κ1) is 15.4. The van der Waals surface area contributed by atoms with Crippen molar-refractivity contribution in [1.82, 2.24) is 10.1 Å². The van der Waals surface area contributed by atoms with Gasteiger partial charge in [-0.1, -0.05) is 11.2 Å². The number of hydrogen-bond acceptors (Lipinski definition) is 4. The van der Waals surface area contributed by atoms with Crippen molar-refractivity contribution in [3.05, 3.63) is 60.6 Å². The predicted molar refractivity (Wildman–Crippen MR) is 77.6 cm³/mol. The standard InChI is InChI=1S/C15H14FN3O3/c1-2-8-19(10-14(20)17-13-7-9-22-18-13)15(21)11-3-5-12(16)6-4-11/h2-7,9H,1,8,10H2,(H,17,18,20). The summed E-state index contributed by atoms with van der Waals surface area (Å²) in [5.41, 5.74) is 0.289. The number of carbonyl (C=O) groups excluding carboxylic acids is 2. The average molecular weight is 303 g/mol. The van der Waals surface area contributed by atoms with E-state index in [1.165, 1.54) is 47.6 Å². The lowest BCUT2D eigenvalue weighted by atomic mass is 10.2. The fourth-order valence-corrected chi connectivity index (χ4v) is 1.78. The van der Waals surface area contributed by atoms with E-state index in [4.69, 9.17) is 0 Å². The van der Waals surface area contributed by atoms with E-state index in [2.05, 4.69) is 21.6 Å². The largest absolute Gasteiger partial charge is 0.363 e. The summed E-state index contributed by atoms with van der Waals surface area (Å²) >= 11 is 0. The van der Waals surface area contributed by atoms with Gasteiger partial charge in [0.25, 0.3) is 5.91 Å². The highest BCUT2D eigenvalue weighted by molar-refractivity contribution is 5.99. The van der Waals surface area contributed by atoms with E-state index in [1.807, 2.05) is 0 Å². The van der Waals surface area contributed by atoms with Crippen LogP contribution >= 0.6 is 0 Å². The average Bonchev–Trinajstić information content (AvgIpc) is 2.99. The third-order valence-electron chi connectivity index (χ3n) is 2.77. The fraction of sp³-hybridized carbons (Fsp3) is 0.133. The summed E-state index contributed by atoms with van der Waals surface area (Å²) in [5, 5.41) is 6.04. The number of aromatic nitrogens is 1. The summed E-state index contributed by atoms with van der Waals surface area (Å²) in [5.74, 6) is -0.991. The van der Waals surface area contributed by atoms with Gasteiger partial charge in [-0.2, -0.15) is 0 Å². The van der Waals surface area contributed by atoms with Gasteiger partial charge in [-0.15, -0.1) is 6.58 Å². The van der Waals surface area contributed by atoms with E-state index in [0.29, 0.717) is 0 Å². The summed E-state index contributed by atoms with van der Waals surface area (Å²) in [6, 6.07) is 6.59. The molecule has 1 heterocycles. The number of nitrogens with zero attached hydrogens (tertiary/aromatic N) is 2. The van der Waals surface area contributed by atoms with Crippen LogP contribution in [-0.4, -0.2) is 35.0 Å². The quantitative estimate of drug-likeness (QED) is 0.829. The van der Waals surface area contributed by atoms with Crippen LogP contribution in [0.25, 0.3) is 0 Å². The Hall–Kier alpha value is -2.96. The number of halogens is 1. The van der Waals surface area contributed by atoms with Crippen LogP contribution in [0.5, 0.6) is 0 Å². The summed E-state index contributed by atoms with van der Waals surface area (Å²) in [6.07, 6.45) is 2.82. The molecule has 1 N–H and O–H groups in total. The number of anilines is 1. The Kier molecular flexibility index (Phi) is 5.02. The van der Waals surface area contributed by atoms with Crippen molar-refractivity contribution in [3.63, 3.8) is 0 Å². The molecule has 0 spiro atoms. The van der Waals surface area contributed by atoms with Crippen LogP contribution in [0.1, 0.15) is 10.4 Å². The molecule has 7 heteroatoms. The molecule has 0 fully saturated rings. The van der Waals surface area contributed by atoms with E-state index in [9.17, 15) is 14.0 Å². The second kappa shape index (κ2) is 7.16. The minimum atomic E-state index is -0.435. The third-order valence-corrected chi connectivity index (χ3v) is 2.77. The lowest BCUT2D eigenvalue weighted by Crippen LogP contribution is -2.38. The number of carbonyl (C=O) groups is 2. The van der Waals surface area contributed by atoms with Crippen molar-refractivity contribution in [2.45, 2.75) is 0 Å². The molecular formula is C15H14FN3O3. The van der Waals surface area contributed by atoms with Gasteiger partial charge in [0.15, 0.2) is 5.82 Å². The molecule has 0 atom stereocenters. The minimum Gasteiger partial charge on any atom is -0.363 e. The van der Waals surface area contributed by atoms with Crippen molar-refractivity contribution in [2.75, 3.05) is 18.4 Å². The molecule has 0 bridgehead atoms. The van der Waals surface area contributed by atoms with Crippen molar-refractivity contribution in [2.24, 2.45) is 0 Å². The van der Waals surface area contributed by atoms with E-state index in [-0.39, 0.29) is 24.5 Å². The lowest BCUT2D eigenvalue weighted by Gasteiger charge is -2.20. The first-order valence-corrected chi connectivity index (χ1v) is 6.46. The maximum Gasteiger partial charge on any atom is 0.254 e. The molecule has 0 aliphatic heterocycles. The van der Waals surface area contributed by atoms with Gasteiger partial charge in [-0.05, 0) is 24.3 Å². The highest BCUT2D eigenvalue weighted by atomic mass is 19.1. The summed E-state index contributed by atoms with van der Waals surface area (Å²) in [7, 11) is 0. The molecule has 0 radical (unpaired) electrons. The topological polar surface area (TPSA) is 75.4 Å². The molecule has 1 aromatic carbocycles. The van der Waals surface area contributed by atoms with Crippen LogP contribution in [0.15, 0.2) is 53.8 Å². The number of hydrogen-bond donors (Lipinski definition) is 1. The minimum absolute atomic E-state index is 0.183. The molecule has 6 nitrogen and oxygen atoms in total. The number of nitrogens with one attached hydrogen (secondary N) is 1. The maximum atomic E-state index is 12.9. The molecule has 0 aliphatic rings. The molecule has 2 rings (SSSR count). The van der Waals surface area contributed by atoms with Gasteiger partial charge in [-0.25, -0.2) is 4.39 Å². The Labute approximate surface area is 126 Å². The highest BCUT2D eigenvalue weighted by Gasteiger charge is 2.18. The molecule has 0 unspecified atom stereocenters. The van der Waals surface area contributed by atoms with E-state index >= 15 is 0 Å². The SMILES string of the molecule is C=CCN(CC(=O)Nc1ccon1)C(=O)c1ccc(F)cc1. The van der Waals surface area contributed by atoms with Crippen LogP contribution in [-0.2, 0) is 4.79 Å². The zero-order valence-corrected chi connectivity index (χ0v) is 11.7. The van der Waals surface area contributed by atoms with Crippen LogP contribution in [0.4, 0.5) is 10.2 Å². The Morgan fingerprint density at radius 1 is 1.32 bits per heavy atom. The molecular weight excluding hydrogens is 289 g/mol. The number of rotatable bonds is 6. The smallest absolute Gasteiger partial charge is 0.254 e. The fourth-order valence-electron chi connectivity index (χ4n) is 1.78. The number of benzene rings is 1. The van der Waals surface area contributed by atoms with Crippen molar-refractivity contribution >= 4 is 17.6 Å². The van der Waals surface area contributed by atoms with E-state index in [1.54, 1.807) is 0 Å². The summed E-state index contributed by atoms with van der Waals surface area (Å²) < 4.78 is 17.5. The van der Waals surface area contributed by atoms with Gasteiger partial charge in [0.2, 0.25) is 5.91 Å². The first-order chi connectivity index (χ1) is 10.6. The second-order valence-electron chi connectivity index (χ2n) is 4.41. The van der Waals surface area contributed by atoms with Crippen molar-refractivity contribution in [1.29, 1.82) is 0 Å². The zero-order chi connectivity index (χ0) is 15.9. The van der Waals surface area contributed by atoms with Crippen molar-refractivity contribution < 1.29 is 18.5 Å². The second-order valence-corrected chi connectivity index (χ2v) is 4.41. The van der Waals surface area contributed by atoms with E-state index < -0.39 is 17.6 Å². The van der Waals surface area contributed by atoms with Crippen LogP contribution in [0.3, 0.4) is 0 Å². The normalized spacial score (nSPS) is 10.0. The monoisotopic (exact) mass is 303 g/mol. The van der Waals surface area contributed by atoms with Crippen LogP contribution < -0.4 is 5.32 Å². The highest BCUT2D eigenvalue weighted by Crippen LogP contribution is 2.08. The Balaban J connectivity index is 2.05. The molecule has 2 aromatic rings. The molecule has 0 saturated carbocycles. The van der Waals surface area contributed by atoms with Gasteiger partial charge in [0, 0.05) is 18.2 Å². The summed E-state index contributed by atoms with van der Waals surface area (Å²) in [4.78, 5) is 25.5. The van der Waals surface area contributed by atoms with E-state index in [0.717, 1.165) is 0 Å². The Morgan fingerprint density at radius 3 is 2.64 bits per heavy atom. The Bertz CT molecular complexity index is 653. The molecule has 2 amide bonds. The van der Waals surface area contributed by atoms with Gasteiger partial charge in [-0.3, -0.25) is 9.59 Å². The number of amides is 2. The van der Waals surface area contributed by atoms with Gasteiger partial charge >= 0.3 is 0 Å². The molecule has 1 aromatic heterocycles. The first-order valence-electron chi connectivity index (χ1n) is 6.46. The third kappa shape index (κ3) is 4.02. The molecule has 114 valence electrons. The maximum absolute atomic E-state index is 12.9.